The second-order valence-corrected chi connectivity index (χ2v) is 8.59. The number of hydrogen-bond donors (Lipinski definition) is 0. The van der Waals surface area contributed by atoms with Crippen LogP contribution in [-0.4, -0.2) is 9.55 Å². The zero-order valence-corrected chi connectivity index (χ0v) is 18.6. The van der Waals surface area contributed by atoms with Crippen LogP contribution < -0.4 is 4.74 Å². The average molecular weight is 420 g/mol. The summed E-state index contributed by atoms with van der Waals surface area (Å²) >= 11 is 0. The molecule has 0 spiro atoms. The van der Waals surface area contributed by atoms with Gasteiger partial charge in [-0.15, -0.1) is 0 Å². The van der Waals surface area contributed by atoms with Crippen molar-refractivity contribution in [1.82, 2.24) is 9.55 Å². The van der Waals surface area contributed by atoms with Crippen molar-refractivity contribution in [3.8, 4) is 11.8 Å². The molecule has 1 aliphatic heterocycles. The lowest BCUT2D eigenvalue weighted by molar-refractivity contribution is 0.307. The summed E-state index contributed by atoms with van der Waals surface area (Å²) in [4.78, 5) is 4.88. The highest BCUT2D eigenvalue weighted by molar-refractivity contribution is 5.88. The number of fused-ring (bicyclic) bond motifs is 3. The highest BCUT2D eigenvalue weighted by Crippen LogP contribution is 2.38. The molecule has 158 valence electrons. The number of nitriles is 1. The molecule has 0 N–H and O–H groups in total. The number of benzene rings is 3. The standard InChI is InChI=1S/C28H25N3O/c1-18(2)28-30-24-9-5-6-10-25(24)31(28)16-20-12-13-22-21(14-20)17-32-26-11-7-4-8-23(26)27(22)19(3)15-29/h4-14,18H,16-17H2,1-3H3. The fourth-order valence-electron chi connectivity index (χ4n) is 4.55. The Hall–Kier alpha value is -3.84. The van der Waals surface area contributed by atoms with E-state index in [1.54, 1.807) is 0 Å². The van der Waals surface area contributed by atoms with Crippen LogP contribution in [0.4, 0.5) is 0 Å². The van der Waals surface area contributed by atoms with Gasteiger partial charge in [0.15, 0.2) is 0 Å². The van der Waals surface area contributed by atoms with Gasteiger partial charge in [0.25, 0.3) is 0 Å². The second-order valence-electron chi connectivity index (χ2n) is 8.59. The molecule has 0 aliphatic carbocycles. The summed E-state index contributed by atoms with van der Waals surface area (Å²) in [6, 6.07) is 25.1. The van der Waals surface area contributed by atoms with Crippen LogP contribution >= 0.6 is 0 Å². The van der Waals surface area contributed by atoms with Crippen molar-refractivity contribution in [2.24, 2.45) is 0 Å². The van der Waals surface area contributed by atoms with E-state index in [0.29, 0.717) is 18.1 Å². The molecule has 0 radical (unpaired) electrons. The average Bonchev–Trinajstić information content (AvgIpc) is 3.09. The molecule has 0 fully saturated rings. The molecule has 0 unspecified atom stereocenters. The van der Waals surface area contributed by atoms with E-state index in [4.69, 9.17) is 9.72 Å². The van der Waals surface area contributed by atoms with E-state index in [2.05, 4.69) is 60.9 Å². The summed E-state index contributed by atoms with van der Waals surface area (Å²) in [6.45, 7) is 7.46. The zero-order chi connectivity index (χ0) is 22.2. The van der Waals surface area contributed by atoms with Gasteiger partial charge < -0.3 is 9.30 Å². The summed E-state index contributed by atoms with van der Waals surface area (Å²) in [5, 5.41) is 9.68. The lowest BCUT2D eigenvalue weighted by Gasteiger charge is -2.15. The number of nitrogens with zero attached hydrogens (tertiary/aromatic N) is 3. The van der Waals surface area contributed by atoms with Crippen LogP contribution in [0.25, 0.3) is 16.6 Å². The maximum absolute atomic E-state index is 9.68. The lowest BCUT2D eigenvalue weighted by atomic mass is 9.90. The van der Waals surface area contributed by atoms with E-state index < -0.39 is 0 Å². The van der Waals surface area contributed by atoms with Gasteiger partial charge in [0, 0.05) is 29.2 Å². The number of imidazole rings is 1. The Kier molecular flexibility index (Phi) is 5.03. The van der Waals surface area contributed by atoms with E-state index in [0.717, 1.165) is 51.4 Å². The van der Waals surface area contributed by atoms with E-state index >= 15 is 0 Å². The van der Waals surface area contributed by atoms with Gasteiger partial charge in [-0.3, -0.25) is 0 Å². The molecular formula is C28H25N3O. The Morgan fingerprint density at radius 2 is 1.84 bits per heavy atom. The van der Waals surface area contributed by atoms with Crippen molar-refractivity contribution in [1.29, 1.82) is 5.26 Å². The third-order valence-corrected chi connectivity index (χ3v) is 6.06. The van der Waals surface area contributed by atoms with Gasteiger partial charge in [-0.2, -0.15) is 5.26 Å². The highest BCUT2D eigenvalue weighted by atomic mass is 16.5. The van der Waals surface area contributed by atoms with Crippen LogP contribution in [0.3, 0.4) is 0 Å². The third-order valence-electron chi connectivity index (χ3n) is 6.06. The minimum Gasteiger partial charge on any atom is -0.488 e. The van der Waals surface area contributed by atoms with E-state index in [-0.39, 0.29) is 0 Å². The quantitative estimate of drug-likeness (QED) is 0.359. The Morgan fingerprint density at radius 1 is 1.06 bits per heavy atom. The van der Waals surface area contributed by atoms with Crippen molar-refractivity contribution in [3.05, 3.63) is 100 Å². The first-order chi connectivity index (χ1) is 15.6. The predicted molar refractivity (Wildman–Crippen MR) is 127 cm³/mol. The summed E-state index contributed by atoms with van der Waals surface area (Å²) in [7, 11) is 0. The normalized spacial score (nSPS) is 14.3. The molecule has 0 amide bonds. The Morgan fingerprint density at radius 3 is 2.66 bits per heavy atom. The Balaban J connectivity index is 1.61. The van der Waals surface area contributed by atoms with E-state index in [1.807, 2.05) is 37.3 Å². The smallest absolute Gasteiger partial charge is 0.127 e. The number of aromatic nitrogens is 2. The van der Waals surface area contributed by atoms with Crippen molar-refractivity contribution < 1.29 is 4.74 Å². The molecule has 1 aromatic heterocycles. The molecule has 0 bridgehead atoms. The monoisotopic (exact) mass is 419 g/mol. The first-order valence-electron chi connectivity index (χ1n) is 11.0. The molecule has 4 heteroatoms. The van der Waals surface area contributed by atoms with Gasteiger partial charge in [0.05, 0.1) is 17.1 Å². The SMILES string of the molecule is CC(C#N)=C1c2ccc(Cn3c(C(C)C)nc4ccccc43)cc2COc2ccccc21. The zero-order valence-electron chi connectivity index (χ0n) is 18.6. The van der Waals surface area contributed by atoms with Gasteiger partial charge >= 0.3 is 0 Å². The molecular weight excluding hydrogens is 394 g/mol. The number of allylic oxidation sites excluding steroid dienone is 1. The fraction of sp³-hybridized carbons (Fsp3) is 0.214. The van der Waals surface area contributed by atoms with Crippen molar-refractivity contribution in [2.75, 3.05) is 0 Å². The molecule has 2 heterocycles. The minimum absolute atomic E-state index is 0.328. The molecule has 0 saturated carbocycles. The van der Waals surface area contributed by atoms with Crippen molar-refractivity contribution in [2.45, 2.75) is 39.8 Å². The second kappa shape index (κ2) is 8.01. The summed E-state index contributed by atoms with van der Waals surface area (Å²) in [5.41, 5.74) is 8.15. The molecule has 0 atom stereocenters. The molecule has 4 aromatic rings. The van der Waals surface area contributed by atoms with Crippen molar-refractivity contribution >= 4 is 16.6 Å². The Labute approximate surface area is 188 Å². The maximum Gasteiger partial charge on any atom is 0.127 e. The predicted octanol–water partition coefficient (Wildman–Crippen LogP) is 6.45. The number of ether oxygens (including phenoxy) is 1. The molecule has 32 heavy (non-hydrogen) atoms. The van der Waals surface area contributed by atoms with Gasteiger partial charge in [-0.25, -0.2) is 4.98 Å². The van der Waals surface area contributed by atoms with Gasteiger partial charge in [0.1, 0.15) is 18.2 Å². The summed E-state index contributed by atoms with van der Waals surface area (Å²) in [5.74, 6) is 2.23. The van der Waals surface area contributed by atoms with Gasteiger partial charge in [0.2, 0.25) is 0 Å². The van der Waals surface area contributed by atoms with E-state index in [1.165, 1.54) is 5.56 Å². The molecule has 3 aromatic carbocycles. The fourth-order valence-corrected chi connectivity index (χ4v) is 4.55. The first kappa shape index (κ1) is 20.1. The van der Waals surface area contributed by atoms with Gasteiger partial charge in [-0.1, -0.05) is 56.3 Å². The first-order valence-corrected chi connectivity index (χ1v) is 11.0. The lowest BCUT2D eigenvalue weighted by Crippen LogP contribution is -2.08. The molecule has 4 nitrogen and oxygen atoms in total. The number of rotatable bonds is 3. The van der Waals surface area contributed by atoms with Crippen LogP contribution in [0, 0.1) is 11.3 Å². The number of para-hydroxylation sites is 3. The van der Waals surface area contributed by atoms with Crippen LogP contribution in [0.5, 0.6) is 5.75 Å². The molecule has 1 aliphatic rings. The van der Waals surface area contributed by atoms with Crippen LogP contribution in [-0.2, 0) is 13.2 Å². The largest absolute Gasteiger partial charge is 0.488 e. The van der Waals surface area contributed by atoms with Crippen molar-refractivity contribution in [3.63, 3.8) is 0 Å². The number of hydrogen-bond acceptors (Lipinski definition) is 3. The maximum atomic E-state index is 9.68. The van der Waals surface area contributed by atoms with Crippen LogP contribution in [0.1, 0.15) is 54.8 Å². The third kappa shape index (κ3) is 3.36. The molecule has 0 saturated heterocycles. The summed E-state index contributed by atoms with van der Waals surface area (Å²) < 4.78 is 8.47. The minimum atomic E-state index is 0.328. The summed E-state index contributed by atoms with van der Waals surface area (Å²) in [6.07, 6.45) is 0. The van der Waals surface area contributed by atoms with Crippen LogP contribution in [0.2, 0.25) is 0 Å². The topological polar surface area (TPSA) is 50.8 Å². The highest BCUT2D eigenvalue weighted by Gasteiger charge is 2.22. The van der Waals surface area contributed by atoms with E-state index in [9.17, 15) is 5.26 Å². The molecule has 5 rings (SSSR count). The van der Waals surface area contributed by atoms with Gasteiger partial charge in [-0.05, 0) is 47.9 Å². The van der Waals surface area contributed by atoms with Crippen LogP contribution in [0.15, 0.2) is 72.3 Å². The Bertz CT molecular complexity index is 1400.